The highest BCUT2D eigenvalue weighted by Gasteiger charge is 2.22. The smallest absolute Gasteiger partial charge is 0.240 e. The van der Waals surface area contributed by atoms with E-state index in [0.717, 1.165) is 36.9 Å². The molecule has 2 aromatic heterocycles. The normalized spacial score (nSPS) is 14.1. The van der Waals surface area contributed by atoms with Gasteiger partial charge < -0.3 is 0 Å². The van der Waals surface area contributed by atoms with E-state index in [-0.39, 0.29) is 4.90 Å². The van der Waals surface area contributed by atoms with Gasteiger partial charge in [0.1, 0.15) is 0 Å². The first-order chi connectivity index (χ1) is 13.1. The molecule has 1 aliphatic rings. The largest absolute Gasteiger partial charge is 0.267 e. The van der Waals surface area contributed by atoms with Crippen molar-refractivity contribution in [1.82, 2.24) is 19.5 Å². The molecule has 0 saturated heterocycles. The fourth-order valence-electron chi connectivity index (χ4n) is 3.57. The van der Waals surface area contributed by atoms with Gasteiger partial charge in [-0.25, -0.2) is 13.1 Å². The summed E-state index contributed by atoms with van der Waals surface area (Å²) >= 11 is 0. The van der Waals surface area contributed by atoms with Gasteiger partial charge in [-0.05, 0) is 49.9 Å². The molecule has 140 valence electrons. The molecule has 7 heteroatoms. The molecule has 0 amide bonds. The molecule has 0 spiro atoms. The number of benzene rings is 1. The Morgan fingerprint density at radius 2 is 1.74 bits per heavy atom. The van der Waals surface area contributed by atoms with Crippen LogP contribution in [0, 0.1) is 0 Å². The summed E-state index contributed by atoms with van der Waals surface area (Å²) < 4.78 is 29.4. The maximum absolute atomic E-state index is 12.4. The highest BCUT2D eigenvalue weighted by molar-refractivity contribution is 7.89. The van der Waals surface area contributed by atoms with Crippen LogP contribution in [0.25, 0.3) is 11.3 Å². The number of aromatic nitrogens is 3. The van der Waals surface area contributed by atoms with Gasteiger partial charge in [-0.3, -0.25) is 9.67 Å². The molecule has 2 heterocycles. The Morgan fingerprint density at radius 1 is 1.00 bits per heavy atom. The van der Waals surface area contributed by atoms with E-state index in [0.29, 0.717) is 13.1 Å². The summed E-state index contributed by atoms with van der Waals surface area (Å²) in [7, 11) is -3.50. The minimum atomic E-state index is -3.50. The highest BCUT2D eigenvalue weighted by atomic mass is 32.2. The van der Waals surface area contributed by atoms with E-state index < -0.39 is 10.0 Å². The fourth-order valence-corrected chi connectivity index (χ4v) is 4.61. The molecule has 3 aromatic rings. The summed E-state index contributed by atoms with van der Waals surface area (Å²) in [5.74, 6) is 0. The van der Waals surface area contributed by atoms with E-state index in [4.69, 9.17) is 5.10 Å². The van der Waals surface area contributed by atoms with Crippen LogP contribution < -0.4 is 4.72 Å². The van der Waals surface area contributed by atoms with Crippen molar-refractivity contribution in [1.29, 1.82) is 0 Å². The second-order valence-electron chi connectivity index (χ2n) is 6.65. The fraction of sp³-hybridized carbons (Fsp3) is 0.300. The minimum absolute atomic E-state index is 0.282. The molecule has 0 unspecified atom stereocenters. The number of hydrogen-bond acceptors (Lipinski definition) is 4. The van der Waals surface area contributed by atoms with Crippen LogP contribution in [0.4, 0.5) is 0 Å². The van der Waals surface area contributed by atoms with Crippen molar-refractivity contribution in [3.63, 3.8) is 0 Å². The Kier molecular flexibility index (Phi) is 5.05. The van der Waals surface area contributed by atoms with Crippen molar-refractivity contribution in [2.24, 2.45) is 0 Å². The zero-order valence-electron chi connectivity index (χ0n) is 15.0. The number of sulfonamides is 1. The van der Waals surface area contributed by atoms with Crippen LogP contribution in [-0.2, 0) is 29.4 Å². The topological polar surface area (TPSA) is 76.9 Å². The Bertz CT molecular complexity index is 1010. The van der Waals surface area contributed by atoms with Crippen LogP contribution in [0.2, 0.25) is 0 Å². The van der Waals surface area contributed by atoms with Crippen molar-refractivity contribution >= 4 is 10.0 Å². The van der Waals surface area contributed by atoms with Crippen molar-refractivity contribution in [2.45, 2.75) is 37.1 Å². The van der Waals surface area contributed by atoms with E-state index in [9.17, 15) is 8.42 Å². The van der Waals surface area contributed by atoms with Gasteiger partial charge in [0.2, 0.25) is 10.0 Å². The summed E-state index contributed by atoms with van der Waals surface area (Å²) in [5.41, 5.74) is 4.58. The lowest BCUT2D eigenvalue weighted by Gasteiger charge is -2.14. The van der Waals surface area contributed by atoms with Crippen molar-refractivity contribution in [2.75, 3.05) is 6.54 Å². The Balaban J connectivity index is 1.54. The van der Waals surface area contributed by atoms with Gasteiger partial charge >= 0.3 is 0 Å². The second kappa shape index (κ2) is 7.62. The first-order valence-corrected chi connectivity index (χ1v) is 10.7. The third kappa shape index (κ3) is 3.79. The molecule has 0 saturated carbocycles. The number of nitrogens with zero attached hydrogens (tertiary/aromatic N) is 3. The maximum atomic E-state index is 12.4. The highest BCUT2D eigenvalue weighted by Crippen LogP contribution is 2.30. The van der Waals surface area contributed by atoms with Gasteiger partial charge in [-0.15, -0.1) is 0 Å². The molecule has 1 aliphatic carbocycles. The molecule has 0 radical (unpaired) electrons. The maximum Gasteiger partial charge on any atom is 0.240 e. The van der Waals surface area contributed by atoms with Crippen LogP contribution in [-0.4, -0.2) is 29.7 Å². The summed E-state index contributed by atoms with van der Waals surface area (Å²) in [5, 5.41) is 4.81. The van der Waals surface area contributed by atoms with Crippen molar-refractivity contribution in [3.8, 4) is 11.3 Å². The van der Waals surface area contributed by atoms with Crippen LogP contribution >= 0.6 is 0 Å². The lowest BCUT2D eigenvalue weighted by Crippen LogP contribution is -2.28. The lowest BCUT2D eigenvalue weighted by molar-refractivity contribution is 0.539. The monoisotopic (exact) mass is 382 g/mol. The number of rotatable bonds is 6. The van der Waals surface area contributed by atoms with E-state index in [1.807, 2.05) is 16.8 Å². The first kappa shape index (κ1) is 17.9. The summed E-state index contributed by atoms with van der Waals surface area (Å²) in [6, 6.07) is 12.4. The number of nitrogens with one attached hydrogen (secondary N) is 1. The Morgan fingerprint density at radius 3 is 2.52 bits per heavy atom. The molecule has 1 aromatic carbocycles. The van der Waals surface area contributed by atoms with E-state index in [1.165, 1.54) is 11.3 Å². The molecule has 0 bridgehead atoms. The van der Waals surface area contributed by atoms with E-state index >= 15 is 0 Å². The molecule has 0 aliphatic heterocycles. The van der Waals surface area contributed by atoms with Gasteiger partial charge in [-0.1, -0.05) is 18.2 Å². The summed E-state index contributed by atoms with van der Waals surface area (Å²) in [4.78, 5) is 4.37. The van der Waals surface area contributed by atoms with E-state index in [1.54, 1.807) is 42.7 Å². The third-order valence-electron chi connectivity index (χ3n) is 4.88. The first-order valence-electron chi connectivity index (χ1n) is 9.19. The van der Waals surface area contributed by atoms with E-state index in [2.05, 4.69) is 9.71 Å². The molecule has 6 nitrogen and oxygen atoms in total. The molecular weight excluding hydrogens is 360 g/mol. The molecule has 4 rings (SSSR count). The number of hydrogen-bond donors (Lipinski definition) is 1. The molecule has 0 atom stereocenters. The predicted molar refractivity (Wildman–Crippen MR) is 104 cm³/mol. The number of pyridine rings is 1. The SMILES string of the molecule is O=S(=O)(NCCn1nc(-c2ccncc2)c2c1CCCC2)c1ccccc1. The van der Waals surface area contributed by atoms with Crippen molar-refractivity contribution < 1.29 is 8.42 Å². The van der Waals surface area contributed by atoms with Crippen LogP contribution in [0.15, 0.2) is 59.8 Å². The van der Waals surface area contributed by atoms with Gasteiger partial charge in [0.25, 0.3) is 0 Å². The van der Waals surface area contributed by atoms with Gasteiger partial charge in [-0.2, -0.15) is 5.10 Å². The Hall–Kier alpha value is -2.51. The Labute approximate surface area is 159 Å². The zero-order chi connectivity index (χ0) is 18.7. The molecular formula is C20H22N4O2S. The quantitative estimate of drug-likeness (QED) is 0.711. The molecule has 1 N–H and O–H groups in total. The standard InChI is InChI=1S/C20H22N4O2S/c25-27(26,17-6-2-1-3-7-17)22-14-15-24-19-9-5-4-8-18(19)20(23-24)16-10-12-21-13-11-16/h1-3,6-7,10-13,22H,4-5,8-9,14-15H2. The average molecular weight is 382 g/mol. The molecule has 0 fully saturated rings. The second-order valence-corrected chi connectivity index (χ2v) is 8.42. The van der Waals surface area contributed by atoms with Crippen LogP contribution in [0.1, 0.15) is 24.1 Å². The van der Waals surface area contributed by atoms with Gasteiger partial charge in [0, 0.05) is 35.8 Å². The average Bonchev–Trinajstić information content (AvgIpc) is 3.08. The zero-order valence-corrected chi connectivity index (χ0v) is 15.8. The number of fused-ring (bicyclic) bond motifs is 1. The van der Waals surface area contributed by atoms with Crippen molar-refractivity contribution in [3.05, 3.63) is 66.1 Å². The van der Waals surface area contributed by atoms with Crippen LogP contribution in [0.5, 0.6) is 0 Å². The lowest BCUT2D eigenvalue weighted by atomic mass is 9.94. The molecule has 27 heavy (non-hydrogen) atoms. The third-order valence-corrected chi connectivity index (χ3v) is 6.36. The summed E-state index contributed by atoms with van der Waals surface area (Å²) in [6.07, 6.45) is 7.86. The van der Waals surface area contributed by atoms with Gasteiger partial charge in [0.05, 0.1) is 17.1 Å². The van der Waals surface area contributed by atoms with Gasteiger partial charge in [0.15, 0.2) is 0 Å². The predicted octanol–water partition coefficient (Wildman–Crippen LogP) is 2.80. The summed E-state index contributed by atoms with van der Waals surface area (Å²) in [6.45, 7) is 0.820. The minimum Gasteiger partial charge on any atom is -0.267 e. The van der Waals surface area contributed by atoms with Crippen LogP contribution in [0.3, 0.4) is 0 Å².